The summed E-state index contributed by atoms with van der Waals surface area (Å²) in [5.41, 5.74) is 6.38. The van der Waals surface area contributed by atoms with Crippen LogP contribution in [0.4, 0.5) is 0 Å². The molecule has 0 radical (unpaired) electrons. The van der Waals surface area contributed by atoms with Crippen LogP contribution in [-0.4, -0.2) is 0 Å². The van der Waals surface area contributed by atoms with Crippen molar-refractivity contribution in [1.82, 2.24) is 0 Å². The van der Waals surface area contributed by atoms with Gasteiger partial charge in [0.05, 0.1) is 0 Å². The quantitative estimate of drug-likeness (QED) is 0.520. The maximum absolute atomic E-state index is 9.52. The summed E-state index contributed by atoms with van der Waals surface area (Å²) < 4.78 is 11.7. The molecule has 1 saturated carbocycles. The van der Waals surface area contributed by atoms with Crippen molar-refractivity contribution in [2.45, 2.75) is 79.5 Å². The molecule has 0 bridgehead atoms. The minimum Gasteiger partial charge on any atom is -0.201 e. The summed E-state index contributed by atoms with van der Waals surface area (Å²) in [4.78, 5) is 0. The van der Waals surface area contributed by atoms with Gasteiger partial charge in [0.1, 0.15) is 7.05 Å². The van der Waals surface area contributed by atoms with Gasteiger partial charge in [0.25, 0.3) is 0 Å². The van der Waals surface area contributed by atoms with Crippen LogP contribution in [0, 0.1) is 17.8 Å². The van der Waals surface area contributed by atoms with Crippen LogP contribution in [0.2, 0.25) is 0 Å². The van der Waals surface area contributed by atoms with Gasteiger partial charge in [0.2, 0.25) is 5.69 Å². The Morgan fingerprint density at radius 1 is 1.00 bits per heavy atom. The number of aromatic nitrogens is 1. The Kier molecular flexibility index (Phi) is 4.48. The van der Waals surface area contributed by atoms with Crippen molar-refractivity contribution >= 4 is 0 Å². The first-order valence-electron chi connectivity index (χ1n) is 10.8. The zero-order valence-electron chi connectivity index (χ0n) is 19.8. The smallest absolute Gasteiger partial charge is 0.201 e. The third-order valence-corrected chi connectivity index (χ3v) is 6.52. The van der Waals surface area contributed by atoms with Gasteiger partial charge in [-0.15, -0.1) is 0 Å². The van der Waals surface area contributed by atoms with Crippen molar-refractivity contribution in [3.63, 3.8) is 0 Å². The zero-order valence-corrected chi connectivity index (χ0v) is 18.8. The molecular weight excluding hydrogens is 326 g/mol. The molecule has 1 fully saturated rings. The minimum atomic E-state index is -0.582. The van der Waals surface area contributed by atoms with E-state index in [1.165, 1.54) is 22.4 Å². The van der Waals surface area contributed by atoms with Gasteiger partial charge < -0.3 is 0 Å². The van der Waals surface area contributed by atoms with Gasteiger partial charge in [-0.25, -0.2) is 4.57 Å². The van der Waals surface area contributed by atoms with Gasteiger partial charge >= 0.3 is 0 Å². The van der Waals surface area contributed by atoms with Crippen molar-refractivity contribution in [1.29, 1.82) is 0 Å². The number of hydrogen-bond donors (Lipinski definition) is 0. The largest absolute Gasteiger partial charge is 0.212 e. The maximum atomic E-state index is 9.52. The van der Waals surface area contributed by atoms with Gasteiger partial charge in [-0.3, -0.25) is 0 Å². The molecule has 0 saturated heterocycles. The van der Waals surface area contributed by atoms with Crippen LogP contribution in [0.1, 0.15) is 85.3 Å². The van der Waals surface area contributed by atoms with Gasteiger partial charge in [0, 0.05) is 18.6 Å². The van der Waals surface area contributed by atoms with Crippen LogP contribution in [0.3, 0.4) is 0 Å². The molecule has 0 spiro atoms. The van der Waals surface area contributed by atoms with E-state index in [0.29, 0.717) is 0 Å². The maximum Gasteiger partial charge on any atom is 0.212 e. The van der Waals surface area contributed by atoms with E-state index in [2.05, 4.69) is 104 Å². The zero-order chi connectivity index (χ0) is 21.1. The van der Waals surface area contributed by atoms with Gasteiger partial charge in [0.15, 0.2) is 6.20 Å². The number of hydrogen-bond acceptors (Lipinski definition) is 0. The van der Waals surface area contributed by atoms with Crippen molar-refractivity contribution in [3.05, 3.63) is 53.2 Å². The second kappa shape index (κ2) is 6.47. The van der Waals surface area contributed by atoms with Crippen molar-refractivity contribution in [3.8, 4) is 11.3 Å². The molecule has 146 valence electrons. The second-order valence-electron chi connectivity index (χ2n) is 10.8. The van der Waals surface area contributed by atoms with Crippen molar-refractivity contribution in [2.24, 2.45) is 17.9 Å². The van der Waals surface area contributed by atoms with E-state index < -0.39 is 5.89 Å². The SMILES string of the molecule is [2H]C1(c2ccc(-c3ccc(C(C)(C)C)cc3C)[n+](C)c2)C(C)(C)CCC1(C)C. The summed E-state index contributed by atoms with van der Waals surface area (Å²) in [6.07, 6.45) is 4.40. The van der Waals surface area contributed by atoms with Gasteiger partial charge in [-0.05, 0) is 65.2 Å². The molecule has 1 aromatic carbocycles. The molecule has 2 aromatic rings. The normalized spacial score (nSPS) is 21.1. The molecule has 1 aliphatic rings. The molecule has 0 atom stereocenters. The summed E-state index contributed by atoms with van der Waals surface area (Å²) in [6, 6.07) is 11.2. The fraction of sp³-hybridized carbons (Fsp3) is 0.577. The molecule has 27 heavy (non-hydrogen) atoms. The van der Waals surface area contributed by atoms with Gasteiger partial charge in [-0.1, -0.05) is 60.6 Å². The van der Waals surface area contributed by atoms with Crippen LogP contribution < -0.4 is 4.57 Å². The van der Waals surface area contributed by atoms with E-state index in [-0.39, 0.29) is 16.2 Å². The number of rotatable bonds is 2. The Bertz CT molecular complexity index is 883. The van der Waals surface area contributed by atoms with Crippen molar-refractivity contribution < 1.29 is 5.94 Å². The number of pyridine rings is 1. The van der Waals surface area contributed by atoms with E-state index in [1.54, 1.807) is 0 Å². The van der Waals surface area contributed by atoms with Crippen LogP contribution in [-0.2, 0) is 12.5 Å². The first-order valence-corrected chi connectivity index (χ1v) is 10.3. The van der Waals surface area contributed by atoms with Crippen LogP contribution in [0.15, 0.2) is 36.5 Å². The first-order chi connectivity index (χ1) is 12.7. The van der Waals surface area contributed by atoms with E-state index in [0.717, 1.165) is 18.4 Å². The third kappa shape index (κ3) is 3.71. The third-order valence-electron chi connectivity index (χ3n) is 6.52. The molecule has 1 heteroatoms. The molecule has 1 aliphatic carbocycles. The highest BCUT2D eigenvalue weighted by molar-refractivity contribution is 5.62. The fourth-order valence-electron chi connectivity index (χ4n) is 5.03. The Morgan fingerprint density at radius 2 is 1.59 bits per heavy atom. The lowest BCUT2D eigenvalue weighted by Gasteiger charge is -2.35. The second-order valence-corrected chi connectivity index (χ2v) is 10.8. The lowest BCUT2D eigenvalue weighted by molar-refractivity contribution is -0.661. The highest BCUT2D eigenvalue weighted by Crippen LogP contribution is 2.58. The Morgan fingerprint density at radius 3 is 2.07 bits per heavy atom. The molecule has 3 rings (SSSR count). The monoisotopic (exact) mass is 365 g/mol. The predicted octanol–water partition coefficient (Wildman–Crippen LogP) is 6.71. The molecule has 1 heterocycles. The van der Waals surface area contributed by atoms with Crippen LogP contribution in [0.5, 0.6) is 0 Å². The highest BCUT2D eigenvalue weighted by Gasteiger charge is 2.48. The van der Waals surface area contributed by atoms with Crippen LogP contribution in [0.25, 0.3) is 11.3 Å². The topological polar surface area (TPSA) is 3.88 Å². The van der Waals surface area contributed by atoms with E-state index in [9.17, 15) is 1.37 Å². The lowest BCUT2D eigenvalue weighted by atomic mass is 9.69. The Labute approximate surface area is 168 Å². The van der Waals surface area contributed by atoms with Crippen LogP contribution >= 0.6 is 0 Å². The average Bonchev–Trinajstić information content (AvgIpc) is 2.74. The number of benzene rings is 1. The molecule has 1 nitrogen and oxygen atoms in total. The molecule has 0 amide bonds. The average molecular weight is 366 g/mol. The first kappa shape index (κ1) is 18.7. The van der Waals surface area contributed by atoms with E-state index >= 15 is 0 Å². The summed E-state index contributed by atoms with van der Waals surface area (Å²) >= 11 is 0. The van der Waals surface area contributed by atoms with E-state index in [1.807, 2.05) is 0 Å². The number of aryl methyl sites for hydroxylation is 2. The Balaban J connectivity index is 2.07. The van der Waals surface area contributed by atoms with E-state index in [4.69, 9.17) is 0 Å². The lowest BCUT2D eigenvalue weighted by Crippen LogP contribution is -2.34. The summed E-state index contributed by atoms with van der Waals surface area (Å²) in [7, 11) is 2.12. The molecular formula is C26H38N+. The molecule has 1 aromatic heterocycles. The summed E-state index contributed by atoms with van der Waals surface area (Å²) in [6.45, 7) is 18.0. The molecule has 0 aliphatic heterocycles. The predicted molar refractivity (Wildman–Crippen MR) is 116 cm³/mol. The summed E-state index contributed by atoms with van der Waals surface area (Å²) in [5.74, 6) is -0.582. The standard InChI is InChI=1S/C26H38N/c1-18-16-20(24(2,3)4)11-12-21(18)22-13-10-19(17-27(22)9)23-25(5,6)14-15-26(23,7)8/h10-13,16-17,23H,14-15H2,1-9H3/q+1/i23D. The number of nitrogens with zero attached hydrogens (tertiary/aromatic N) is 1. The summed E-state index contributed by atoms with van der Waals surface area (Å²) in [5, 5.41) is 0. The molecule has 0 N–H and O–H groups in total. The fourth-order valence-corrected chi connectivity index (χ4v) is 5.03. The van der Waals surface area contributed by atoms with Crippen molar-refractivity contribution in [2.75, 3.05) is 0 Å². The van der Waals surface area contributed by atoms with Gasteiger partial charge in [-0.2, -0.15) is 0 Å². The highest BCUT2D eigenvalue weighted by atomic mass is 14.9. The Hall–Kier alpha value is -1.63. The molecule has 0 unspecified atom stereocenters. The minimum absolute atomic E-state index is 0.0325.